The molecule has 3 N–H and O–H groups in total. The third kappa shape index (κ3) is 4.54. The molecular formula is C31H24N8. The zero-order valence-electron chi connectivity index (χ0n) is 21.0. The Balaban J connectivity index is 1.20. The van der Waals surface area contributed by atoms with E-state index in [0.717, 1.165) is 68.7 Å². The van der Waals surface area contributed by atoms with E-state index in [4.69, 9.17) is 0 Å². The number of rotatable bonds is 7. The van der Waals surface area contributed by atoms with Crippen molar-refractivity contribution in [2.45, 2.75) is 13.1 Å². The van der Waals surface area contributed by atoms with Gasteiger partial charge in [-0.3, -0.25) is 20.1 Å². The van der Waals surface area contributed by atoms with Crippen molar-refractivity contribution in [3.8, 4) is 33.8 Å². The van der Waals surface area contributed by atoms with E-state index in [1.54, 1.807) is 6.20 Å². The van der Waals surface area contributed by atoms with Gasteiger partial charge in [-0.25, -0.2) is 4.98 Å². The number of aromatic amines is 2. The van der Waals surface area contributed by atoms with Crippen LogP contribution in [-0.2, 0) is 13.1 Å². The molecule has 0 saturated heterocycles. The second-order valence-electron chi connectivity index (χ2n) is 9.41. The van der Waals surface area contributed by atoms with Crippen molar-refractivity contribution in [2.24, 2.45) is 0 Å². The lowest BCUT2D eigenvalue weighted by molar-refractivity contribution is 0.691. The summed E-state index contributed by atoms with van der Waals surface area (Å²) in [5.41, 5.74) is 9.58. The Hall–Kier alpha value is -5.21. The Labute approximate surface area is 224 Å². The molecule has 0 unspecified atom stereocenters. The topological polar surface area (TPSA) is 108 Å². The molecule has 0 amide bonds. The Kier molecular flexibility index (Phi) is 5.84. The second kappa shape index (κ2) is 9.92. The highest BCUT2D eigenvalue weighted by atomic mass is 15.2. The van der Waals surface area contributed by atoms with Crippen molar-refractivity contribution in [2.75, 3.05) is 0 Å². The van der Waals surface area contributed by atoms with Crippen LogP contribution in [0.5, 0.6) is 0 Å². The predicted octanol–water partition coefficient (Wildman–Crippen LogP) is 5.92. The van der Waals surface area contributed by atoms with Gasteiger partial charge in [-0.05, 0) is 41.5 Å². The van der Waals surface area contributed by atoms with Crippen molar-refractivity contribution in [3.63, 3.8) is 0 Å². The molecule has 39 heavy (non-hydrogen) atoms. The van der Waals surface area contributed by atoms with E-state index < -0.39 is 0 Å². The van der Waals surface area contributed by atoms with E-state index in [-0.39, 0.29) is 0 Å². The average Bonchev–Trinajstić information content (AvgIpc) is 3.62. The van der Waals surface area contributed by atoms with Gasteiger partial charge in [-0.1, -0.05) is 36.4 Å². The number of nitrogens with one attached hydrogen (secondary N) is 3. The van der Waals surface area contributed by atoms with E-state index in [9.17, 15) is 0 Å². The van der Waals surface area contributed by atoms with Crippen molar-refractivity contribution in [1.29, 1.82) is 0 Å². The fourth-order valence-electron chi connectivity index (χ4n) is 4.86. The molecule has 0 aliphatic rings. The zero-order valence-corrected chi connectivity index (χ0v) is 21.0. The van der Waals surface area contributed by atoms with Gasteiger partial charge in [0, 0.05) is 71.5 Å². The second-order valence-corrected chi connectivity index (χ2v) is 9.41. The van der Waals surface area contributed by atoms with Crippen molar-refractivity contribution >= 4 is 21.9 Å². The summed E-state index contributed by atoms with van der Waals surface area (Å²) in [6, 6.07) is 22.6. The number of benzene rings is 1. The number of nitrogens with zero attached hydrogens (tertiary/aromatic N) is 5. The highest BCUT2D eigenvalue weighted by molar-refractivity contribution is 6.00. The summed E-state index contributed by atoms with van der Waals surface area (Å²) in [6.45, 7) is 1.53. The summed E-state index contributed by atoms with van der Waals surface area (Å²) in [7, 11) is 0. The van der Waals surface area contributed by atoms with Gasteiger partial charge in [0.1, 0.15) is 0 Å². The van der Waals surface area contributed by atoms with Crippen LogP contribution in [0.3, 0.4) is 0 Å². The van der Waals surface area contributed by atoms with Gasteiger partial charge in [-0.2, -0.15) is 5.10 Å². The van der Waals surface area contributed by atoms with Crippen LogP contribution in [0.25, 0.3) is 55.7 Å². The molecule has 0 bridgehead atoms. The smallest absolute Gasteiger partial charge is 0.181 e. The predicted molar refractivity (Wildman–Crippen MR) is 152 cm³/mol. The largest absolute Gasteiger partial charge is 0.352 e. The van der Waals surface area contributed by atoms with Crippen LogP contribution in [0.1, 0.15) is 11.1 Å². The summed E-state index contributed by atoms with van der Waals surface area (Å²) in [4.78, 5) is 21.6. The Morgan fingerprint density at radius 2 is 1.54 bits per heavy atom. The molecule has 8 heteroatoms. The molecule has 6 aromatic heterocycles. The van der Waals surface area contributed by atoms with E-state index in [1.165, 1.54) is 5.56 Å². The lowest BCUT2D eigenvalue weighted by Crippen LogP contribution is -2.12. The summed E-state index contributed by atoms with van der Waals surface area (Å²) in [5, 5.41) is 13.1. The fraction of sp³-hybridized carbons (Fsp3) is 0.0645. The molecule has 0 atom stereocenters. The Bertz CT molecular complexity index is 1890. The molecule has 8 nitrogen and oxygen atoms in total. The van der Waals surface area contributed by atoms with Crippen LogP contribution in [0.15, 0.2) is 104 Å². The first-order chi connectivity index (χ1) is 19.3. The molecule has 0 saturated carbocycles. The zero-order chi connectivity index (χ0) is 26.0. The van der Waals surface area contributed by atoms with Crippen molar-refractivity contribution < 1.29 is 0 Å². The van der Waals surface area contributed by atoms with Crippen molar-refractivity contribution in [1.82, 2.24) is 40.4 Å². The molecule has 7 aromatic rings. The van der Waals surface area contributed by atoms with Crippen molar-refractivity contribution in [3.05, 3.63) is 115 Å². The first kappa shape index (κ1) is 22.9. The SMILES string of the molecule is c1ccc(CNCc2cncc(-c3cnc4n[nH]c(-c5cc6c(-c7ccccn7)cncc6[nH]5)c4c3)c2)cc1. The number of fused-ring (bicyclic) bond motifs is 2. The number of hydrogen-bond acceptors (Lipinski definition) is 6. The molecule has 7 rings (SSSR count). The van der Waals surface area contributed by atoms with Gasteiger partial charge in [-0.15, -0.1) is 0 Å². The van der Waals surface area contributed by atoms with E-state index in [2.05, 4.69) is 82.9 Å². The summed E-state index contributed by atoms with van der Waals surface area (Å²) in [5.74, 6) is 0. The third-order valence-electron chi connectivity index (χ3n) is 6.79. The van der Waals surface area contributed by atoms with Crippen LogP contribution in [0.2, 0.25) is 0 Å². The van der Waals surface area contributed by atoms with Crippen LogP contribution in [0, 0.1) is 0 Å². The van der Waals surface area contributed by atoms with Gasteiger partial charge >= 0.3 is 0 Å². The molecule has 6 heterocycles. The monoisotopic (exact) mass is 508 g/mol. The van der Waals surface area contributed by atoms with Crippen LogP contribution in [0.4, 0.5) is 0 Å². The molecule has 0 aliphatic carbocycles. The van der Waals surface area contributed by atoms with Crippen LogP contribution >= 0.6 is 0 Å². The molecule has 0 fully saturated rings. The average molecular weight is 509 g/mol. The minimum absolute atomic E-state index is 0.657. The Morgan fingerprint density at radius 3 is 2.44 bits per heavy atom. The summed E-state index contributed by atoms with van der Waals surface area (Å²) in [6.07, 6.45) is 11.1. The lowest BCUT2D eigenvalue weighted by Gasteiger charge is -2.07. The minimum atomic E-state index is 0.657. The number of pyridine rings is 4. The van der Waals surface area contributed by atoms with Gasteiger partial charge in [0.25, 0.3) is 0 Å². The third-order valence-corrected chi connectivity index (χ3v) is 6.79. The molecule has 188 valence electrons. The van der Waals surface area contributed by atoms with E-state index >= 15 is 0 Å². The quantitative estimate of drug-likeness (QED) is 0.247. The molecule has 0 aliphatic heterocycles. The molecule has 0 spiro atoms. The van der Waals surface area contributed by atoms with Crippen LogP contribution < -0.4 is 5.32 Å². The first-order valence-electron chi connectivity index (χ1n) is 12.7. The first-order valence-corrected chi connectivity index (χ1v) is 12.7. The number of aromatic nitrogens is 7. The summed E-state index contributed by atoms with van der Waals surface area (Å²) < 4.78 is 0. The van der Waals surface area contributed by atoms with Gasteiger partial charge in [0.15, 0.2) is 5.65 Å². The van der Waals surface area contributed by atoms with Gasteiger partial charge in [0.2, 0.25) is 0 Å². The molecule has 0 radical (unpaired) electrons. The highest BCUT2D eigenvalue weighted by Crippen LogP contribution is 2.33. The van der Waals surface area contributed by atoms with E-state index in [1.807, 2.05) is 55.2 Å². The normalized spacial score (nSPS) is 11.4. The number of hydrogen-bond donors (Lipinski definition) is 3. The maximum atomic E-state index is 4.63. The van der Waals surface area contributed by atoms with Gasteiger partial charge in [0.05, 0.1) is 28.8 Å². The fourth-order valence-corrected chi connectivity index (χ4v) is 4.86. The highest BCUT2D eigenvalue weighted by Gasteiger charge is 2.15. The van der Waals surface area contributed by atoms with Crippen LogP contribution in [-0.4, -0.2) is 35.1 Å². The standard InChI is InChI=1S/C31H24N8/c1-2-6-20(7-3-1)13-32-14-21-10-22(16-33-15-21)23-11-25-30(38-39-31(25)36-17-23)28-12-24-26(18-34-19-29(24)37-28)27-8-4-5-9-35-27/h1-12,15-19,32,37H,13-14H2,(H,36,38,39). The molecule has 1 aromatic carbocycles. The maximum Gasteiger partial charge on any atom is 0.181 e. The molecular weight excluding hydrogens is 484 g/mol. The number of H-pyrrole nitrogens is 2. The minimum Gasteiger partial charge on any atom is -0.352 e. The summed E-state index contributed by atoms with van der Waals surface area (Å²) >= 11 is 0. The Morgan fingerprint density at radius 1 is 0.692 bits per heavy atom. The van der Waals surface area contributed by atoms with E-state index in [0.29, 0.717) is 5.65 Å². The maximum absolute atomic E-state index is 4.63. The van der Waals surface area contributed by atoms with Gasteiger partial charge < -0.3 is 10.3 Å². The lowest BCUT2D eigenvalue weighted by atomic mass is 10.1.